The van der Waals surface area contributed by atoms with Crippen molar-refractivity contribution in [1.82, 2.24) is 4.90 Å². The largest absolute Gasteiger partial charge is 0.338 e. The Kier molecular flexibility index (Phi) is 6.30. The summed E-state index contributed by atoms with van der Waals surface area (Å²) in [6.45, 7) is 0.729. The molecule has 1 N–H and O–H groups in total. The summed E-state index contributed by atoms with van der Waals surface area (Å²) in [7, 11) is 0. The average Bonchev–Trinajstić information content (AvgIpc) is 2.73. The van der Waals surface area contributed by atoms with E-state index in [1.54, 1.807) is 29.2 Å². The van der Waals surface area contributed by atoms with Gasteiger partial charge in [-0.05, 0) is 43.4 Å². The van der Waals surface area contributed by atoms with Crippen LogP contribution in [-0.4, -0.2) is 41.0 Å². The Morgan fingerprint density at radius 3 is 2.64 bits per heavy atom. The van der Waals surface area contributed by atoms with Crippen molar-refractivity contribution < 1.29 is 14.5 Å². The highest BCUT2D eigenvalue weighted by Crippen LogP contribution is 2.28. The number of thioether (sulfide) groups is 1. The molecule has 3 rings (SSSR count). The van der Waals surface area contributed by atoms with E-state index in [0.717, 1.165) is 4.90 Å². The summed E-state index contributed by atoms with van der Waals surface area (Å²) in [5.41, 5.74) is 0.568. The van der Waals surface area contributed by atoms with Crippen molar-refractivity contribution >= 4 is 35.0 Å². The quantitative estimate of drug-likeness (QED) is 0.469. The highest BCUT2D eigenvalue weighted by Gasteiger charge is 2.32. The third kappa shape index (κ3) is 4.51. The van der Waals surface area contributed by atoms with Gasteiger partial charge in [-0.3, -0.25) is 19.7 Å². The molecule has 1 aliphatic rings. The molecular formula is C20H21N3O4S. The second-order valence-electron chi connectivity index (χ2n) is 6.59. The molecule has 0 aromatic heterocycles. The summed E-state index contributed by atoms with van der Waals surface area (Å²) in [4.78, 5) is 38.7. The van der Waals surface area contributed by atoms with Gasteiger partial charge >= 0.3 is 0 Å². The van der Waals surface area contributed by atoms with Gasteiger partial charge < -0.3 is 10.2 Å². The molecule has 0 radical (unpaired) electrons. The van der Waals surface area contributed by atoms with Gasteiger partial charge in [-0.15, -0.1) is 11.8 Å². The first-order valence-corrected chi connectivity index (χ1v) is 10.2. The molecule has 2 aromatic rings. The minimum absolute atomic E-state index is 0.0703. The van der Waals surface area contributed by atoms with Crippen LogP contribution in [0, 0.1) is 16.0 Å². The van der Waals surface area contributed by atoms with Crippen LogP contribution in [0.25, 0.3) is 0 Å². The lowest BCUT2D eigenvalue weighted by atomic mass is 9.96. The number of likely N-dealkylation sites (tertiary alicyclic amines) is 1. The van der Waals surface area contributed by atoms with E-state index in [-0.39, 0.29) is 29.6 Å². The van der Waals surface area contributed by atoms with Crippen molar-refractivity contribution in [2.45, 2.75) is 17.7 Å². The van der Waals surface area contributed by atoms with Gasteiger partial charge in [0.25, 0.3) is 11.6 Å². The number of nitrogens with zero attached hydrogens (tertiary/aromatic N) is 2. The molecule has 28 heavy (non-hydrogen) atoms. The maximum atomic E-state index is 13.0. The number of para-hydroxylation sites is 1. The predicted molar refractivity (Wildman–Crippen MR) is 109 cm³/mol. The number of amides is 2. The van der Waals surface area contributed by atoms with Crippen LogP contribution in [0.15, 0.2) is 53.4 Å². The van der Waals surface area contributed by atoms with Crippen LogP contribution in [0.2, 0.25) is 0 Å². The maximum absolute atomic E-state index is 13.0. The standard InChI is InChI=1S/C20H21N3O4S/c1-28-16-9-10-18(23(26)27)17(12-16)20(25)22-11-5-6-14(13-22)19(24)21-15-7-3-2-4-8-15/h2-4,7-10,12,14H,5-6,11,13H2,1H3,(H,21,24)/t14-/m0/s1. The van der Waals surface area contributed by atoms with Crippen molar-refractivity contribution in [2.75, 3.05) is 24.7 Å². The number of carbonyl (C=O) groups excluding carboxylic acids is 2. The minimum Gasteiger partial charge on any atom is -0.338 e. The SMILES string of the molecule is CSc1ccc([N+](=O)[O-])c(C(=O)N2CCC[C@H](C(=O)Nc3ccccc3)C2)c1. The third-order valence-electron chi connectivity index (χ3n) is 4.75. The molecule has 0 bridgehead atoms. The molecule has 146 valence electrons. The smallest absolute Gasteiger partial charge is 0.282 e. The van der Waals surface area contributed by atoms with E-state index in [2.05, 4.69) is 5.32 Å². The van der Waals surface area contributed by atoms with Crippen LogP contribution >= 0.6 is 11.8 Å². The summed E-state index contributed by atoms with van der Waals surface area (Å²) >= 11 is 1.42. The van der Waals surface area contributed by atoms with Gasteiger partial charge in [-0.1, -0.05) is 18.2 Å². The second kappa shape index (κ2) is 8.88. The summed E-state index contributed by atoms with van der Waals surface area (Å²) in [6, 6.07) is 13.7. The first-order chi connectivity index (χ1) is 13.5. The van der Waals surface area contributed by atoms with Gasteiger partial charge in [-0.25, -0.2) is 0 Å². The number of nitrogens with one attached hydrogen (secondary N) is 1. The highest BCUT2D eigenvalue weighted by atomic mass is 32.2. The van der Waals surface area contributed by atoms with E-state index in [9.17, 15) is 19.7 Å². The third-order valence-corrected chi connectivity index (χ3v) is 5.48. The van der Waals surface area contributed by atoms with E-state index < -0.39 is 10.8 Å². The van der Waals surface area contributed by atoms with E-state index in [0.29, 0.717) is 25.1 Å². The zero-order chi connectivity index (χ0) is 20.1. The number of rotatable bonds is 5. The first kappa shape index (κ1) is 19.9. The number of carbonyl (C=O) groups is 2. The van der Waals surface area contributed by atoms with Crippen molar-refractivity contribution in [1.29, 1.82) is 0 Å². The van der Waals surface area contributed by atoms with E-state index in [1.807, 2.05) is 24.5 Å². The molecule has 1 atom stereocenters. The van der Waals surface area contributed by atoms with Gasteiger partial charge in [0.2, 0.25) is 5.91 Å². The Hall–Kier alpha value is -2.87. The molecule has 0 spiro atoms. The molecule has 1 heterocycles. The van der Waals surface area contributed by atoms with Crippen molar-refractivity contribution in [3.8, 4) is 0 Å². The predicted octanol–water partition coefficient (Wildman–Crippen LogP) is 3.81. The van der Waals surface area contributed by atoms with Crippen molar-refractivity contribution in [3.05, 3.63) is 64.2 Å². The van der Waals surface area contributed by atoms with E-state index in [1.165, 1.54) is 17.8 Å². The Labute approximate surface area is 167 Å². The molecule has 2 amide bonds. The van der Waals surface area contributed by atoms with Gasteiger partial charge in [0.05, 0.1) is 10.8 Å². The fraction of sp³-hybridized carbons (Fsp3) is 0.300. The Balaban J connectivity index is 1.76. The molecule has 0 unspecified atom stereocenters. The van der Waals surface area contributed by atoms with Crippen LogP contribution in [-0.2, 0) is 4.79 Å². The topological polar surface area (TPSA) is 92.6 Å². The molecule has 8 heteroatoms. The number of anilines is 1. The maximum Gasteiger partial charge on any atom is 0.282 e. The molecule has 0 saturated carbocycles. The first-order valence-electron chi connectivity index (χ1n) is 8.97. The van der Waals surface area contributed by atoms with Gasteiger partial charge in [0.1, 0.15) is 5.56 Å². The van der Waals surface area contributed by atoms with Crippen LogP contribution in [0.4, 0.5) is 11.4 Å². The fourth-order valence-corrected chi connectivity index (χ4v) is 3.72. The number of piperidine rings is 1. The van der Waals surface area contributed by atoms with Crippen LogP contribution in [0.1, 0.15) is 23.2 Å². The summed E-state index contributed by atoms with van der Waals surface area (Å²) in [5.74, 6) is -0.892. The summed E-state index contributed by atoms with van der Waals surface area (Å²) in [5, 5.41) is 14.2. The zero-order valence-electron chi connectivity index (χ0n) is 15.5. The summed E-state index contributed by atoms with van der Waals surface area (Å²) < 4.78 is 0. The Morgan fingerprint density at radius 2 is 1.96 bits per heavy atom. The Morgan fingerprint density at radius 1 is 1.21 bits per heavy atom. The Bertz CT molecular complexity index is 888. The number of nitro benzene ring substituents is 1. The number of benzene rings is 2. The molecular weight excluding hydrogens is 378 g/mol. The molecule has 1 saturated heterocycles. The summed E-state index contributed by atoms with van der Waals surface area (Å²) in [6.07, 6.45) is 3.20. The lowest BCUT2D eigenvalue weighted by Crippen LogP contribution is -2.44. The van der Waals surface area contributed by atoms with Crippen molar-refractivity contribution in [3.63, 3.8) is 0 Å². The van der Waals surface area contributed by atoms with E-state index >= 15 is 0 Å². The van der Waals surface area contributed by atoms with Crippen LogP contribution in [0.3, 0.4) is 0 Å². The normalized spacial score (nSPS) is 16.5. The fourth-order valence-electron chi connectivity index (χ4n) is 3.28. The van der Waals surface area contributed by atoms with Crippen LogP contribution < -0.4 is 5.32 Å². The lowest BCUT2D eigenvalue weighted by Gasteiger charge is -2.32. The number of hydrogen-bond donors (Lipinski definition) is 1. The average molecular weight is 399 g/mol. The second-order valence-corrected chi connectivity index (χ2v) is 7.47. The molecule has 1 aliphatic heterocycles. The number of hydrogen-bond acceptors (Lipinski definition) is 5. The number of nitro groups is 1. The van der Waals surface area contributed by atoms with Gasteiger partial charge in [-0.2, -0.15) is 0 Å². The van der Waals surface area contributed by atoms with E-state index in [4.69, 9.17) is 0 Å². The highest BCUT2D eigenvalue weighted by molar-refractivity contribution is 7.98. The monoisotopic (exact) mass is 399 g/mol. The zero-order valence-corrected chi connectivity index (χ0v) is 16.3. The molecule has 7 nitrogen and oxygen atoms in total. The molecule has 1 fully saturated rings. The molecule has 0 aliphatic carbocycles. The van der Waals surface area contributed by atoms with Gasteiger partial charge in [0.15, 0.2) is 0 Å². The lowest BCUT2D eigenvalue weighted by molar-refractivity contribution is -0.385. The van der Waals surface area contributed by atoms with Gasteiger partial charge in [0, 0.05) is 29.7 Å². The van der Waals surface area contributed by atoms with Crippen molar-refractivity contribution in [2.24, 2.45) is 5.92 Å². The minimum atomic E-state index is -0.541. The molecule has 2 aromatic carbocycles. The van der Waals surface area contributed by atoms with Crippen LogP contribution in [0.5, 0.6) is 0 Å².